The highest BCUT2D eigenvalue weighted by molar-refractivity contribution is 7.80. The van der Waals surface area contributed by atoms with Gasteiger partial charge in [0.05, 0.1) is 0 Å². The van der Waals surface area contributed by atoms with Crippen molar-refractivity contribution in [1.82, 2.24) is 0 Å². The highest BCUT2D eigenvalue weighted by Crippen LogP contribution is 2.24. The second kappa shape index (κ2) is 8.32. The molecule has 0 aliphatic carbocycles. The molecule has 0 aliphatic rings. The molecule has 0 atom stereocenters. The fourth-order valence-corrected chi connectivity index (χ4v) is 2.33. The number of nitrogens with two attached hydrogens (primary N) is 1. The molecule has 1 aromatic carbocycles. The Morgan fingerprint density at radius 3 is 2.10 bits per heavy atom. The summed E-state index contributed by atoms with van der Waals surface area (Å²) in [6, 6.07) is 4.72. The normalized spacial score (nSPS) is 11.2. The first kappa shape index (κ1) is 17.9. The van der Waals surface area contributed by atoms with Gasteiger partial charge in [0, 0.05) is 24.3 Å². The first-order valence-corrected chi connectivity index (χ1v) is 8.06. The van der Waals surface area contributed by atoms with E-state index in [2.05, 4.69) is 32.6 Å². The summed E-state index contributed by atoms with van der Waals surface area (Å²) >= 11 is 5.08. The Morgan fingerprint density at radius 2 is 1.67 bits per heavy atom. The number of thiocarbonyl (C=S) groups is 1. The van der Waals surface area contributed by atoms with Gasteiger partial charge in [-0.3, -0.25) is 0 Å². The Kier molecular flexibility index (Phi) is 7.09. The summed E-state index contributed by atoms with van der Waals surface area (Å²) in [6.45, 7) is 10.7. The zero-order valence-electron chi connectivity index (χ0n) is 13.5. The number of halogens is 1. The molecule has 0 saturated carbocycles. The number of anilines is 1. The Morgan fingerprint density at radius 1 is 1.14 bits per heavy atom. The fourth-order valence-electron chi connectivity index (χ4n) is 2.16. The van der Waals surface area contributed by atoms with E-state index in [9.17, 15) is 4.39 Å². The van der Waals surface area contributed by atoms with Crippen molar-refractivity contribution in [3.05, 3.63) is 29.6 Å². The molecule has 0 aliphatic heterocycles. The van der Waals surface area contributed by atoms with E-state index < -0.39 is 0 Å². The van der Waals surface area contributed by atoms with Crippen LogP contribution < -0.4 is 10.6 Å². The van der Waals surface area contributed by atoms with Crippen molar-refractivity contribution in [1.29, 1.82) is 0 Å². The highest BCUT2D eigenvalue weighted by Gasteiger charge is 2.15. The van der Waals surface area contributed by atoms with Gasteiger partial charge in [-0.25, -0.2) is 4.39 Å². The van der Waals surface area contributed by atoms with Crippen molar-refractivity contribution in [3.8, 4) is 0 Å². The lowest BCUT2D eigenvalue weighted by Gasteiger charge is -2.28. The molecule has 0 amide bonds. The van der Waals surface area contributed by atoms with Gasteiger partial charge in [-0.1, -0.05) is 39.9 Å². The van der Waals surface area contributed by atoms with Gasteiger partial charge in [0.2, 0.25) is 0 Å². The van der Waals surface area contributed by atoms with Crippen LogP contribution in [0.25, 0.3) is 0 Å². The molecule has 0 aromatic heterocycles. The van der Waals surface area contributed by atoms with Crippen LogP contribution in [0.3, 0.4) is 0 Å². The van der Waals surface area contributed by atoms with Crippen LogP contribution in [0.1, 0.15) is 46.1 Å². The van der Waals surface area contributed by atoms with E-state index in [4.69, 9.17) is 18.0 Å². The van der Waals surface area contributed by atoms with Crippen LogP contribution in [0.5, 0.6) is 0 Å². The van der Waals surface area contributed by atoms with E-state index in [0.29, 0.717) is 17.4 Å². The van der Waals surface area contributed by atoms with Crippen LogP contribution in [-0.4, -0.2) is 18.1 Å². The Labute approximate surface area is 133 Å². The van der Waals surface area contributed by atoms with Gasteiger partial charge < -0.3 is 10.6 Å². The quantitative estimate of drug-likeness (QED) is 0.723. The summed E-state index contributed by atoms with van der Waals surface area (Å²) in [4.78, 5) is 2.54. The zero-order chi connectivity index (χ0) is 16.0. The fraction of sp³-hybridized carbons (Fsp3) is 0.588. The van der Waals surface area contributed by atoms with Crippen LogP contribution in [0, 0.1) is 17.7 Å². The third kappa shape index (κ3) is 6.00. The number of nitrogens with zero attached hydrogens (tertiary/aromatic N) is 1. The number of rotatable bonds is 8. The van der Waals surface area contributed by atoms with Gasteiger partial charge in [-0.15, -0.1) is 0 Å². The maximum Gasteiger partial charge on any atom is 0.124 e. The third-order valence-corrected chi connectivity index (χ3v) is 3.74. The van der Waals surface area contributed by atoms with Gasteiger partial charge in [-0.2, -0.15) is 0 Å². The zero-order valence-corrected chi connectivity index (χ0v) is 14.3. The van der Waals surface area contributed by atoms with Crippen LogP contribution >= 0.6 is 12.2 Å². The molecule has 0 fully saturated rings. The standard InChI is InChI=1S/C17H27FN2S/c1-12(2)7-9-20(10-8-13(3)4)16-6-5-14(18)11-15(16)17(19)21/h5-6,11-13H,7-10H2,1-4H3,(H2,19,21). The maximum atomic E-state index is 13.5. The van der Waals surface area contributed by atoms with Crippen LogP contribution in [0.2, 0.25) is 0 Å². The molecule has 4 heteroatoms. The Bertz CT molecular complexity index is 460. The van der Waals surface area contributed by atoms with Gasteiger partial charge in [-0.05, 0) is 42.9 Å². The molecular formula is C17H27FN2S. The van der Waals surface area contributed by atoms with Crippen LogP contribution in [-0.2, 0) is 0 Å². The van der Waals surface area contributed by atoms with Crippen molar-refractivity contribution in [2.24, 2.45) is 17.6 Å². The second-order valence-corrected chi connectivity index (χ2v) is 6.82. The summed E-state index contributed by atoms with van der Waals surface area (Å²) in [7, 11) is 0. The molecule has 2 nitrogen and oxygen atoms in total. The van der Waals surface area contributed by atoms with Gasteiger partial charge in [0.1, 0.15) is 10.8 Å². The second-order valence-electron chi connectivity index (χ2n) is 6.38. The molecule has 0 heterocycles. The lowest BCUT2D eigenvalue weighted by atomic mass is 10.1. The van der Waals surface area contributed by atoms with E-state index in [1.807, 2.05) is 0 Å². The van der Waals surface area contributed by atoms with Crippen molar-refractivity contribution < 1.29 is 4.39 Å². The van der Waals surface area contributed by atoms with E-state index >= 15 is 0 Å². The Hall–Kier alpha value is -1.16. The molecule has 0 spiro atoms. The average Bonchev–Trinajstić information content (AvgIpc) is 2.38. The summed E-state index contributed by atoms with van der Waals surface area (Å²) in [6.07, 6.45) is 2.18. The maximum absolute atomic E-state index is 13.5. The minimum atomic E-state index is -0.297. The molecule has 21 heavy (non-hydrogen) atoms. The summed E-state index contributed by atoms with van der Waals surface area (Å²) in [5.41, 5.74) is 7.36. The molecule has 0 radical (unpaired) electrons. The average molecular weight is 310 g/mol. The minimum Gasteiger partial charge on any atom is -0.389 e. The highest BCUT2D eigenvalue weighted by atomic mass is 32.1. The Balaban J connectivity index is 3.02. The lowest BCUT2D eigenvalue weighted by Crippen LogP contribution is -2.30. The third-order valence-electron chi connectivity index (χ3n) is 3.52. The van der Waals surface area contributed by atoms with Crippen molar-refractivity contribution in [2.45, 2.75) is 40.5 Å². The van der Waals surface area contributed by atoms with Crippen LogP contribution in [0.15, 0.2) is 18.2 Å². The van der Waals surface area contributed by atoms with E-state index in [-0.39, 0.29) is 10.8 Å². The minimum absolute atomic E-state index is 0.253. The van der Waals surface area contributed by atoms with Crippen LogP contribution in [0.4, 0.5) is 10.1 Å². The first-order valence-electron chi connectivity index (χ1n) is 7.65. The predicted octanol–water partition coefficient (Wildman–Crippen LogP) is 4.36. The predicted molar refractivity (Wildman–Crippen MR) is 93.4 cm³/mol. The van der Waals surface area contributed by atoms with Gasteiger partial charge in [0.15, 0.2) is 0 Å². The largest absolute Gasteiger partial charge is 0.389 e. The lowest BCUT2D eigenvalue weighted by molar-refractivity contribution is 0.535. The number of hydrogen-bond acceptors (Lipinski definition) is 2. The SMILES string of the molecule is CC(C)CCN(CCC(C)C)c1ccc(F)cc1C(N)=S. The van der Waals surface area contributed by atoms with Gasteiger partial charge in [0.25, 0.3) is 0 Å². The van der Waals surface area contributed by atoms with E-state index in [0.717, 1.165) is 31.6 Å². The molecule has 0 unspecified atom stereocenters. The molecule has 0 saturated heterocycles. The topological polar surface area (TPSA) is 29.3 Å². The van der Waals surface area contributed by atoms with Gasteiger partial charge >= 0.3 is 0 Å². The van der Waals surface area contributed by atoms with Crippen molar-refractivity contribution >= 4 is 22.9 Å². The molecule has 2 N–H and O–H groups in total. The summed E-state index contributed by atoms with van der Waals surface area (Å²) in [5.74, 6) is 0.953. The summed E-state index contributed by atoms with van der Waals surface area (Å²) in [5, 5.41) is 0. The van der Waals surface area contributed by atoms with E-state index in [1.165, 1.54) is 12.1 Å². The molecule has 1 aromatic rings. The van der Waals surface area contributed by atoms with E-state index in [1.54, 1.807) is 6.07 Å². The monoisotopic (exact) mass is 310 g/mol. The number of benzene rings is 1. The summed E-state index contributed by atoms with van der Waals surface area (Å²) < 4.78 is 13.5. The first-order chi connectivity index (χ1) is 9.81. The van der Waals surface area contributed by atoms with Crippen molar-refractivity contribution in [3.63, 3.8) is 0 Å². The number of hydrogen-bond donors (Lipinski definition) is 1. The smallest absolute Gasteiger partial charge is 0.124 e. The molecule has 0 bridgehead atoms. The molecule has 118 valence electrons. The molecule has 1 rings (SSSR count). The van der Waals surface area contributed by atoms with Crippen molar-refractivity contribution in [2.75, 3.05) is 18.0 Å². The molecular weight excluding hydrogens is 283 g/mol.